The average molecular weight is 262 g/mol. The molecule has 1 aromatic rings. The number of carbonyl (C=O) groups is 1. The lowest BCUT2D eigenvalue weighted by molar-refractivity contribution is -0.136. The van der Waals surface area contributed by atoms with Crippen LogP contribution in [0.2, 0.25) is 10.0 Å². The first-order valence-electron chi connectivity index (χ1n) is 4.94. The highest BCUT2D eigenvalue weighted by molar-refractivity contribution is 6.42. The van der Waals surface area contributed by atoms with Crippen LogP contribution in [0.15, 0.2) is 18.2 Å². The van der Waals surface area contributed by atoms with Gasteiger partial charge in [0.1, 0.15) is 0 Å². The van der Waals surface area contributed by atoms with Crippen molar-refractivity contribution in [3.05, 3.63) is 33.8 Å². The maximum absolute atomic E-state index is 10.5. The molecule has 1 rings (SSSR count). The van der Waals surface area contributed by atoms with Crippen molar-refractivity contribution >= 4 is 29.2 Å². The number of rotatable bonds is 5. The summed E-state index contributed by atoms with van der Waals surface area (Å²) in [5.41, 5.74) is 0.943. The Morgan fingerprint density at radius 1 is 1.44 bits per heavy atom. The van der Waals surface area contributed by atoms with Crippen LogP contribution < -0.4 is 5.32 Å². The van der Waals surface area contributed by atoms with E-state index in [0.717, 1.165) is 12.0 Å². The van der Waals surface area contributed by atoms with Crippen molar-refractivity contribution in [3.63, 3.8) is 0 Å². The SMILES string of the molecule is CCC(NCC(=O)O)c1ccc(Cl)c(Cl)c1. The smallest absolute Gasteiger partial charge is 0.317 e. The van der Waals surface area contributed by atoms with E-state index in [4.69, 9.17) is 28.3 Å². The molecule has 2 N–H and O–H groups in total. The molecule has 0 aliphatic carbocycles. The largest absolute Gasteiger partial charge is 0.480 e. The van der Waals surface area contributed by atoms with Gasteiger partial charge in [0.25, 0.3) is 0 Å². The van der Waals surface area contributed by atoms with Crippen LogP contribution >= 0.6 is 23.2 Å². The molecule has 5 heteroatoms. The Bertz CT molecular complexity index is 382. The Hall–Kier alpha value is -0.770. The van der Waals surface area contributed by atoms with Crippen LogP contribution in [0.3, 0.4) is 0 Å². The average Bonchev–Trinajstić information content (AvgIpc) is 2.23. The van der Waals surface area contributed by atoms with E-state index in [0.29, 0.717) is 10.0 Å². The predicted molar refractivity (Wildman–Crippen MR) is 65.1 cm³/mol. The highest BCUT2D eigenvalue weighted by atomic mass is 35.5. The topological polar surface area (TPSA) is 49.3 Å². The van der Waals surface area contributed by atoms with Crippen molar-refractivity contribution in [3.8, 4) is 0 Å². The zero-order valence-corrected chi connectivity index (χ0v) is 10.3. The lowest BCUT2D eigenvalue weighted by Crippen LogP contribution is -2.27. The summed E-state index contributed by atoms with van der Waals surface area (Å²) in [7, 11) is 0. The van der Waals surface area contributed by atoms with E-state index in [9.17, 15) is 4.79 Å². The van der Waals surface area contributed by atoms with E-state index in [1.807, 2.05) is 13.0 Å². The van der Waals surface area contributed by atoms with Crippen LogP contribution in [0.5, 0.6) is 0 Å². The number of hydrogen-bond acceptors (Lipinski definition) is 2. The van der Waals surface area contributed by atoms with Crippen LogP contribution in [-0.4, -0.2) is 17.6 Å². The number of carboxylic acids is 1. The van der Waals surface area contributed by atoms with Gasteiger partial charge in [0.05, 0.1) is 16.6 Å². The van der Waals surface area contributed by atoms with Crippen molar-refractivity contribution in [2.75, 3.05) is 6.54 Å². The van der Waals surface area contributed by atoms with Gasteiger partial charge in [-0.25, -0.2) is 0 Å². The minimum absolute atomic E-state index is 0.0223. The molecule has 0 aliphatic rings. The van der Waals surface area contributed by atoms with Gasteiger partial charge >= 0.3 is 5.97 Å². The molecular formula is C11H13Cl2NO2. The third kappa shape index (κ3) is 3.67. The van der Waals surface area contributed by atoms with Gasteiger partial charge in [-0.3, -0.25) is 4.79 Å². The molecule has 0 aromatic heterocycles. The van der Waals surface area contributed by atoms with Crippen LogP contribution in [-0.2, 0) is 4.79 Å². The van der Waals surface area contributed by atoms with Crippen molar-refractivity contribution in [2.24, 2.45) is 0 Å². The standard InChI is InChI=1S/C11H13Cl2NO2/c1-2-10(14-6-11(15)16)7-3-4-8(12)9(13)5-7/h3-5,10,14H,2,6H2,1H3,(H,15,16). The molecule has 0 radical (unpaired) electrons. The van der Waals surface area contributed by atoms with Gasteiger partial charge in [-0.1, -0.05) is 36.2 Å². The van der Waals surface area contributed by atoms with Gasteiger partial charge in [-0.05, 0) is 24.1 Å². The monoisotopic (exact) mass is 261 g/mol. The van der Waals surface area contributed by atoms with Crippen LogP contribution in [0, 0.1) is 0 Å². The maximum Gasteiger partial charge on any atom is 0.317 e. The van der Waals surface area contributed by atoms with Crippen molar-refractivity contribution in [1.82, 2.24) is 5.32 Å². The van der Waals surface area contributed by atoms with Gasteiger partial charge in [0, 0.05) is 6.04 Å². The third-order valence-electron chi connectivity index (χ3n) is 2.25. The quantitative estimate of drug-likeness (QED) is 0.857. The minimum atomic E-state index is -0.876. The summed E-state index contributed by atoms with van der Waals surface area (Å²) in [6, 6.07) is 5.29. The Labute approximate surface area is 104 Å². The predicted octanol–water partition coefficient (Wildman–Crippen LogP) is 3.12. The number of hydrogen-bond donors (Lipinski definition) is 2. The summed E-state index contributed by atoms with van der Waals surface area (Å²) in [5, 5.41) is 12.5. The van der Waals surface area contributed by atoms with Crippen LogP contribution in [0.4, 0.5) is 0 Å². The van der Waals surface area contributed by atoms with E-state index in [1.54, 1.807) is 12.1 Å². The van der Waals surface area contributed by atoms with E-state index < -0.39 is 5.97 Å². The fourth-order valence-electron chi connectivity index (χ4n) is 1.44. The fourth-order valence-corrected chi connectivity index (χ4v) is 1.74. The first-order chi connectivity index (χ1) is 7.54. The Morgan fingerprint density at radius 3 is 2.62 bits per heavy atom. The Morgan fingerprint density at radius 2 is 2.12 bits per heavy atom. The molecular weight excluding hydrogens is 249 g/mol. The second-order valence-electron chi connectivity index (χ2n) is 3.41. The molecule has 88 valence electrons. The second-order valence-corrected chi connectivity index (χ2v) is 4.22. The van der Waals surface area contributed by atoms with Gasteiger partial charge in [0.15, 0.2) is 0 Å². The second kappa shape index (κ2) is 6.09. The normalized spacial score (nSPS) is 12.4. The lowest BCUT2D eigenvalue weighted by atomic mass is 10.0. The highest BCUT2D eigenvalue weighted by Gasteiger charge is 2.11. The van der Waals surface area contributed by atoms with Gasteiger partial charge in [-0.15, -0.1) is 0 Å². The summed E-state index contributed by atoms with van der Waals surface area (Å²) >= 11 is 11.7. The molecule has 0 bridgehead atoms. The van der Waals surface area contributed by atoms with Crippen molar-refractivity contribution in [1.29, 1.82) is 0 Å². The lowest BCUT2D eigenvalue weighted by Gasteiger charge is -2.16. The minimum Gasteiger partial charge on any atom is -0.480 e. The summed E-state index contributed by atoms with van der Waals surface area (Å²) in [6.45, 7) is 1.90. The van der Waals surface area contributed by atoms with Gasteiger partial charge in [-0.2, -0.15) is 0 Å². The van der Waals surface area contributed by atoms with Crippen molar-refractivity contribution in [2.45, 2.75) is 19.4 Å². The molecule has 0 saturated heterocycles. The van der Waals surface area contributed by atoms with E-state index >= 15 is 0 Å². The van der Waals surface area contributed by atoms with Gasteiger partial charge < -0.3 is 10.4 Å². The van der Waals surface area contributed by atoms with Crippen molar-refractivity contribution < 1.29 is 9.90 Å². The molecule has 1 aromatic carbocycles. The first kappa shape index (κ1) is 13.3. The Kier molecular flexibility index (Phi) is 5.06. The molecule has 0 spiro atoms. The third-order valence-corrected chi connectivity index (χ3v) is 2.99. The number of aliphatic carboxylic acids is 1. The van der Waals surface area contributed by atoms with E-state index in [1.165, 1.54) is 0 Å². The summed E-state index contributed by atoms with van der Waals surface area (Å²) < 4.78 is 0. The number of halogens is 2. The molecule has 1 atom stereocenters. The summed E-state index contributed by atoms with van der Waals surface area (Å²) in [4.78, 5) is 10.5. The number of nitrogens with one attached hydrogen (secondary N) is 1. The molecule has 16 heavy (non-hydrogen) atoms. The zero-order valence-electron chi connectivity index (χ0n) is 8.84. The van der Waals surface area contributed by atoms with E-state index in [2.05, 4.69) is 5.32 Å². The highest BCUT2D eigenvalue weighted by Crippen LogP contribution is 2.26. The molecule has 0 amide bonds. The zero-order chi connectivity index (χ0) is 12.1. The fraction of sp³-hybridized carbons (Fsp3) is 0.364. The molecule has 1 unspecified atom stereocenters. The first-order valence-corrected chi connectivity index (χ1v) is 5.70. The van der Waals surface area contributed by atoms with Crippen LogP contribution in [0.1, 0.15) is 24.9 Å². The number of carboxylic acid groups (broad SMARTS) is 1. The van der Waals surface area contributed by atoms with E-state index in [-0.39, 0.29) is 12.6 Å². The molecule has 3 nitrogen and oxygen atoms in total. The summed E-state index contributed by atoms with van der Waals surface area (Å²) in [6.07, 6.45) is 0.783. The Balaban J connectivity index is 2.78. The molecule has 0 fully saturated rings. The molecule has 0 aliphatic heterocycles. The summed E-state index contributed by atoms with van der Waals surface area (Å²) in [5.74, 6) is -0.876. The van der Waals surface area contributed by atoms with Gasteiger partial charge in [0.2, 0.25) is 0 Å². The number of benzene rings is 1. The van der Waals surface area contributed by atoms with Crippen LogP contribution in [0.25, 0.3) is 0 Å². The maximum atomic E-state index is 10.5. The molecule has 0 heterocycles. The molecule has 0 saturated carbocycles.